The van der Waals surface area contributed by atoms with Gasteiger partial charge in [0, 0.05) is 24.2 Å². The van der Waals surface area contributed by atoms with E-state index in [9.17, 15) is 4.79 Å². The molecule has 0 aliphatic heterocycles. The Labute approximate surface area is 96.7 Å². The lowest BCUT2D eigenvalue weighted by Gasteiger charge is -1.99. The molecular weight excluding hydrogens is 216 g/mol. The maximum atomic E-state index is 11.5. The summed E-state index contributed by atoms with van der Waals surface area (Å²) in [5, 5.41) is 7.66. The normalized spacial score (nSPS) is 10.9. The van der Waals surface area contributed by atoms with Crippen LogP contribution in [0.5, 0.6) is 0 Å². The van der Waals surface area contributed by atoms with Gasteiger partial charge >= 0.3 is 0 Å². The Balaban J connectivity index is 2.24. The van der Waals surface area contributed by atoms with E-state index in [0.29, 0.717) is 5.39 Å². The molecule has 17 heavy (non-hydrogen) atoms. The highest BCUT2D eigenvalue weighted by molar-refractivity contribution is 5.85. The standard InChI is InChI=1S/C12H10N4O/c1-16-6-11(13-7-16)8-2-3-10-9(4-8)5-14-15-12(10)17/h2-7H,1H3,(H,15,17). The summed E-state index contributed by atoms with van der Waals surface area (Å²) in [4.78, 5) is 15.8. The van der Waals surface area contributed by atoms with Crippen LogP contribution in [0.1, 0.15) is 0 Å². The largest absolute Gasteiger partial charge is 0.340 e. The van der Waals surface area contributed by atoms with Crippen molar-refractivity contribution in [2.75, 3.05) is 0 Å². The first kappa shape index (κ1) is 9.77. The maximum absolute atomic E-state index is 11.5. The molecule has 0 bridgehead atoms. The van der Waals surface area contributed by atoms with Gasteiger partial charge in [-0.2, -0.15) is 5.10 Å². The van der Waals surface area contributed by atoms with Crippen molar-refractivity contribution in [3.8, 4) is 11.3 Å². The molecular formula is C12H10N4O. The summed E-state index contributed by atoms with van der Waals surface area (Å²) in [5.74, 6) is 0. The van der Waals surface area contributed by atoms with Gasteiger partial charge < -0.3 is 4.57 Å². The van der Waals surface area contributed by atoms with Crippen LogP contribution in [-0.4, -0.2) is 19.7 Å². The summed E-state index contributed by atoms with van der Waals surface area (Å²) in [6.07, 6.45) is 5.32. The molecule has 1 N–H and O–H groups in total. The second-order valence-corrected chi connectivity index (χ2v) is 3.93. The maximum Gasteiger partial charge on any atom is 0.272 e. The zero-order valence-electron chi connectivity index (χ0n) is 9.21. The fourth-order valence-electron chi connectivity index (χ4n) is 1.82. The van der Waals surface area contributed by atoms with Crippen molar-refractivity contribution in [1.29, 1.82) is 0 Å². The number of hydrogen-bond donors (Lipinski definition) is 1. The number of imidazole rings is 1. The third kappa shape index (κ3) is 1.61. The molecule has 0 saturated heterocycles. The van der Waals surface area contributed by atoms with E-state index in [1.54, 1.807) is 18.6 Å². The SMILES string of the molecule is Cn1cnc(-c2ccc3c(=O)[nH]ncc3c2)c1. The van der Waals surface area contributed by atoms with Gasteiger partial charge in [0.1, 0.15) is 0 Å². The zero-order valence-corrected chi connectivity index (χ0v) is 9.21. The molecule has 1 aromatic carbocycles. The highest BCUT2D eigenvalue weighted by Crippen LogP contribution is 2.20. The Morgan fingerprint density at radius 3 is 3.00 bits per heavy atom. The molecule has 5 heteroatoms. The average Bonchev–Trinajstić information content (AvgIpc) is 2.76. The number of benzene rings is 1. The van der Waals surface area contributed by atoms with Gasteiger partial charge in [-0.05, 0) is 12.1 Å². The van der Waals surface area contributed by atoms with Crippen LogP contribution >= 0.6 is 0 Å². The van der Waals surface area contributed by atoms with Gasteiger partial charge in [-0.25, -0.2) is 10.1 Å². The highest BCUT2D eigenvalue weighted by Gasteiger charge is 2.04. The molecule has 2 aromatic heterocycles. The minimum Gasteiger partial charge on any atom is -0.340 e. The number of nitrogens with zero attached hydrogens (tertiary/aromatic N) is 3. The van der Waals surface area contributed by atoms with E-state index in [2.05, 4.69) is 15.2 Å². The van der Waals surface area contributed by atoms with Crippen molar-refractivity contribution in [3.63, 3.8) is 0 Å². The van der Waals surface area contributed by atoms with Crippen molar-refractivity contribution >= 4 is 10.8 Å². The Morgan fingerprint density at radius 1 is 1.35 bits per heavy atom. The number of hydrogen-bond acceptors (Lipinski definition) is 3. The van der Waals surface area contributed by atoms with Gasteiger partial charge in [-0.1, -0.05) is 6.07 Å². The van der Waals surface area contributed by atoms with Gasteiger partial charge in [0.05, 0.1) is 23.6 Å². The molecule has 2 heterocycles. The molecule has 0 aliphatic rings. The van der Waals surface area contributed by atoms with Crippen molar-refractivity contribution in [2.45, 2.75) is 0 Å². The lowest BCUT2D eigenvalue weighted by atomic mass is 10.1. The van der Waals surface area contributed by atoms with Crippen LogP contribution in [-0.2, 0) is 7.05 Å². The first-order valence-electron chi connectivity index (χ1n) is 5.20. The smallest absolute Gasteiger partial charge is 0.272 e. The van der Waals surface area contributed by atoms with Crippen molar-refractivity contribution < 1.29 is 0 Å². The van der Waals surface area contributed by atoms with E-state index in [0.717, 1.165) is 16.6 Å². The topological polar surface area (TPSA) is 63.6 Å². The number of aromatic nitrogens is 4. The zero-order chi connectivity index (χ0) is 11.8. The summed E-state index contributed by atoms with van der Waals surface area (Å²) in [7, 11) is 1.92. The van der Waals surface area contributed by atoms with E-state index in [-0.39, 0.29) is 5.56 Å². The average molecular weight is 226 g/mol. The quantitative estimate of drug-likeness (QED) is 0.680. The number of rotatable bonds is 1. The summed E-state index contributed by atoms with van der Waals surface area (Å²) in [6.45, 7) is 0. The van der Waals surface area contributed by atoms with Gasteiger partial charge in [0.25, 0.3) is 5.56 Å². The molecule has 0 atom stereocenters. The van der Waals surface area contributed by atoms with E-state index in [1.165, 1.54) is 0 Å². The minimum atomic E-state index is -0.171. The molecule has 3 aromatic rings. The first-order chi connectivity index (χ1) is 8.24. The van der Waals surface area contributed by atoms with E-state index in [1.807, 2.05) is 29.9 Å². The summed E-state index contributed by atoms with van der Waals surface area (Å²) >= 11 is 0. The predicted molar refractivity (Wildman–Crippen MR) is 64.6 cm³/mol. The number of nitrogens with one attached hydrogen (secondary N) is 1. The Kier molecular flexibility index (Phi) is 2.04. The van der Waals surface area contributed by atoms with Crippen LogP contribution in [0, 0.1) is 0 Å². The summed E-state index contributed by atoms with van der Waals surface area (Å²) in [6, 6.07) is 5.60. The number of aryl methyl sites for hydroxylation is 1. The van der Waals surface area contributed by atoms with E-state index >= 15 is 0 Å². The Morgan fingerprint density at radius 2 is 2.24 bits per heavy atom. The molecule has 0 spiro atoms. The third-order valence-corrected chi connectivity index (χ3v) is 2.67. The minimum absolute atomic E-state index is 0.171. The monoisotopic (exact) mass is 226 g/mol. The molecule has 0 aliphatic carbocycles. The molecule has 0 radical (unpaired) electrons. The van der Waals surface area contributed by atoms with Crippen molar-refractivity contribution in [3.05, 3.63) is 47.3 Å². The van der Waals surface area contributed by atoms with Crippen LogP contribution in [0.3, 0.4) is 0 Å². The second-order valence-electron chi connectivity index (χ2n) is 3.93. The fourth-order valence-corrected chi connectivity index (χ4v) is 1.82. The first-order valence-corrected chi connectivity index (χ1v) is 5.20. The van der Waals surface area contributed by atoms with Crippen molar-refractivity contribution in [1.82, 2.24) is 19.7 Å². The molecule has 0 saturated carbocycles. The molecule has 0 fully saturated rings. The van der Waals surface area contributed by atoms with Crippen LogP contribution in [0.15, 0.2) is 41.7 Å². The molecule has 0 amide bonds. The number of H-pyrrole nitrogens is 1. The highest BCUT2D eigenvalue weighted by atomic mass is 16.1. The summed E-state index contributed by atoms with van der Waals surface area (Å²) in [5.41, 5.74) is 1.69. The van der Waals surface area contributed by atoms with Gasteiger partial charge in [0.2, 0.25) is 0 Å². The van der Waals surface area contributed by atoms with E-state index in [4.69, 9.17) is 0 Å². The molecule has 0 unspecified atom stereocenters. The fraction of sp³-hybridized carbons (Fsp3) is 0.0833. The molecule has 84 valence electrons. The van der Waals surface area contributed by atoms with Gasteiger partial charge in [-0.3, -0.25) is 4.79 Å². The molecule has 3 rings (SSSR count). The van der Waals surface area contributed by atoms with Crippen LogP contribution in [0.2, 0.25) is 0 Å². The second kappa shape index (κ2) is 3.55. The Hall–Kier alpha value is -2.43. The van der Waals surface area contributed by atoms with Crippen molar-refractivity contribution in [2.24, 2.45) is 7.05 Å². The summed E-state index contributed by atoms with van der Waals surface area (Å²) < 4.78 is 1.88. The van der Waals surface area contributed by atoms with Crippen LogP contribution < -0.4 is 5.56 Å². The predicted octanol–water partition coefficient (Wildman–Crippen LogP) is 1.32. The van der Waals surface area contributed by atoms with Gasteiger partial charge in [-0.15, -0.1) is 0 Å². The number of aromatic amines is 1. The number of fused-ring (bicyclic) bond motifs is 1. The van der Waals surface area contributed by atoms with E-state index < -0.39 is 0 Å². The third-order valence-electron chi connectivity index (χ3n) is 2.67. The lowest BCUT2D eigenvalue weighted by Crippen LogP contribution is -2.06. The van der Waals surface area contributed by atoms with Crippen LogP contribution in [0.4, 0.5) is 0 Å². The lowest BCUT2D eigenvalue weighted by molar-refractivity contribution is 0.913. The molecule has 5 nitrogen and oxygen atoms in total. The Bertz CT molecular complexity index is 741. The van der Waals surface area contributed by atoms with Gasteiger partial charge in [0.15, 0.2) is 0 Å². The van der Waals surface area contributed by atoms with Crippen LogP contribution in [0.25, 0.3) is 22.0 Å².